The maximum atomic E-state index is 13.5. The molecule has 0 saturated heterocycles. The van der Waals surface area contributed by atoms with Crippen molar-refractivity contribution in [3.63, 3.8) is 0 Å². The summed E-state index contributed by atoms with van der Waals surface area (Å²) in [6, 6.07) is 3.25. The molecule has 2 N–H and O–H groups in total. The molecule has 15 heavy (non-hydrogen) atoms. The molecule has 0 aliphatic heterocycles. The van der Waals surface area contributed by atoms with Crippen LogP contribution in [-0.4, -0.2) is 13.7 Å². The third-order valence-corrected chi connectivity index (χ3v) is 2.14. The number of hydrogen-bond donors (Lipinski definition) is 1. The van der Waals surface area contributed by atoms with Gasteiger partial charge in [0.1, 0.15) is 5.82 Å². The molecular weight excluding hydrogens is 217 g/mol. The minimum absolute atomic E-state index is 0.0984. The highest BCUT2D eigenvalue weighted by molar-refractivity contribution is 6.31. The van der Waals surface area contributed by atoms with Crippen molar-refractivity contribution < 1.29 is 9.13 Å². The maximum Gasteiger partial charge on any atom is 0.149 e. The number of benzene rings is 1. The summed E-state index contributed by atoms with van der Waals surface area (Å²) in [5, 5.41) is 0.0984. The summed E-state index contributed by atoms with van der Waals surface area (Å²) in [4.78, 5) is 0. The number of nitrogens with two attached hydrogens (primary N) is 1. The van der Waals surface area contributed by atoms with Crippen LogP contribution in [0.25, 0.3) is 6.08 Å². The van der Waals surface area contributed by atoms with E-state index in [1.165, 1.54) is 0 Å². The van der Waals surface area contributed by atoms with Gasteiger partial charge in [-0.3, -0.25) is 0 Å². The Labute approximate surface area is 93.5 Å². The highest BCUT2D eigenvalue weighted by Gasteiger charge is 2.06. The molecule has 0 fully saturated rings. The summed E-state index contributed by atoms with van der Waals surface area (Å²) >= 11 is 5.74. The smallest absolute Gasteiger partial charge is 0.149 e. The van der Waals surface area contributed by atoms with Crippen molar-refractivity contribution in [2.24, 2.45) is 5.73 Å². The van der Waals surface area contributed by atoms with E-state index in [0.717, 1.165) is 5.56 Å². The van der Waals surface area contributed by atoms with Gasteiger partial charge in [0.2, 0.25) is 0 Å². The van der Waals surface area contributed by atoms with Crippen molar-refractivity contribution in [1.29, 1.82) is 0 Å². The van der Waals surface area contributed by atoms with Crippen LogP contribution in [-0.2, 0) is 11.3 Å². The quantitative estimate of drug-likeness (QED) is 0.862. The molecule has 4 heteroatoms. The average molecular weight is 230 g/mol. The molecule has 0 aromatic heterocycles. The lowest BCUT2D eigenvalue weighted by Gasteiger charge is -2.05. The highest BCUT2D eigenvalue weighted by atomic mass is 35.5. The van der Waals surface area contributed by atoms with Crippen molar-refractivity contribution in [3.05, 3.63) is 40.2 Å². The first kappa shape index (κ1) is 12.2. The summed E-state index contributed by atoms with van der Waals surface area (Å²) < 4.78 is 18.4. The standard InChI is InChI=1S/C11H13ClFNO/c1-15-7-8-5-9(3-2-4-14)11(13)10(12)6-8/h2-3,5-6H,4,7,14H2,1H3/b3-2+. The minimum atomic E-state index is -0.429. The normalized spacial score (nSPS) is 11.2. The molecule has 82 valence electrons. The van der Waals surface area contributed by atoms with Crippen molar-refractivity contribution >= 4 is 17.7 Å². The van der Waals surface area contributed by atoms with E-state index < -0.39 is 5.82 Å². The summed E-state index contributed by atoms with van der Waals surface area (Å²) in [6.45, 7) is 0.773. The molecule has 2 nitrogen and oxygen atoms in total. The summed E-state index contributed by atoms with van der Waals surface area (Å²) in [5.41, 5.74) is 6.56. The van der Waals surface area contributed by atoms with Crippen LogP contribution < -0.4 is 5.73 Å². The van der Waals surface area contributed by atoms with Crippen molar-refractivity contribution in [1.82, 2.24) is 0 Å². The van der Waals surface area contributed by atoms with E-state index >= 15 is 0 Å². The summed E-state index contributed by atoms with van der Waals surface area (Å²) in [6.07, 6.45) is 3.28. The largest absolute Gasteiger partial charge is 0.380 e. The van der Waals surface area contributed by atoms with Crippen LogP contribution in [0.1, 0.15) is 11.1 Å². The first-order valence-electron chi connectivity index (χ1n) is 4.52. The molecule has 0 aliphatic carbocycles. The first-order chi connectivity index (χ1) is 7.19. The van der Waals surface area contributed by atoms with Crippen molar-refractivity contribution in [2.45, 2.75) is 6.61 Å². The van der Waals surface area contributed by atoms with Crippen LogP contribution in [0.2, 0.25) is 5.02 Å². The summed E-state index contributed by atoms with van der Waals surface area (Å²) in [5.74, 6) is -0.429. The van der Waals surface area contributed by atoms with Crippen LogP contribution in [0.5, 0.6) is 0 Å². The van der Waals surface area contributed by atoms with Gasteiger partial charge in [0.05, 0.1) is 11.6 Å². The minimum Gasteiger partial charge on any atom is -0.380 e. The third-order valence-electron chi connectivity index (χ3n) is 1.86. The zero-order valence-electron chi connectivity index (χ0n) is 8.47. The van der Waals surface area contributed by atoms with Crippen LogP contribution in [0.15, 0.2) is 18.2 Å². The van der Waals surface area contributed by atoms with Gasteiger partial charge in [0.15, 0.2) is 0 Å². The van der Waals surface area contributed by atoms with E-state index in [1.54, 1.807) is 31.4 Å². The monoisotopic (exact) mass is 229 g/mol. The second-order valence-corrected chi connectivity index (χ2v) is 3.46. The number of methoxy groups -OCH3 is 1. The molecule has 0 bridgehead atoms. The molecule has 0 unspecified atom stereocenters. The Balaban J connectivity index is 3.07. The van der Waals surface area contributed by atoms with Gasteiger partial charge in [0.25, 0.3) is 0 Å². The van der Waals surface area contributed by atoms with Crippen LogP contribution in [0.4, 0.5) is 4.39 Å². The van der Waals surface area contributed by atoms with Crippen molar-refractivity contribution in [2.75, 3.05) is 13.7 Å². The van der Waals surface area contributed by atoms with E-state index in [9.17, 15) is 4.39 Å². The van der Waals surface area contributed by atoms with Gasteiger partial charge in [-0.05, 0) is 17.7 Å². The zero-order valence-corrected chi connectivity index (χ0v) is 9.22. The van der Waals surface area contributed by atoms with Gasteiger partial charge in [-0.25, -0.2) is 4.39 Å². The van der Waals surface area contributed by atoms with E-state index in [-0.39, 0.29) is 5.02 Å². The topological polar surface area (TPSA) is 35.2 Å². The fraction of sp³-hybridized carbons (Fsp3) is 0.273. The average Bonchev–Trinajstić information content (AvgIpc) is 2.21. The molecule has 0 spiro atoms. The zero-order chi connectivity index (χ0) is 11.3. The molecule has 1 aromatic rings. The highest BCUT2D eigenvalue weighted by Crippen LogP contribution is 2.22. The van der Waals surface area contributed by atoms with Gasteiger partial charge in [0, 0.05) is 19.2 Å². The van der Waals surface area contributed by atoms with Crippen LogP contribution >= 0.6 is 11.6 Å². The molecular formula is C11H13ClFNO. The number of hydrogen-bond acceptors (Lipinski definition) is 2. The lowest BCUT2D eigenvalue weighted by atomic mass is 10.1. The fourth-order valence-electron chi connectivity index (χ4n) is 1.24. The van der Waals surface area contributed by atoms with E-state index in [1.807, 2.05) is 0 Å². The molecule has 0 aliphatic rings. The van der Waals surface area contributed by atoms with Gasteiger partial charge in [-0.1, -0.05) is 23.8 Å². The Morgan fingerprint density at radius 3 is 2.87 bits per heavy atom. The second-order valence-electron chi connectivity index (χ2n) is 3.05. The Kier molecular flexibility index (Phi) is 4.75. The van der Waals surface area contributed by atoms with Gasteiger partial charge < -0.3 is 10.5 Å². The SMILES string of the molecule is COCc1cc(Cl)c(F)c(/C=C/CN)c1. The molecule has 0 saturated carbocycles. The number of halogens is 2. The molecule has 0 heterocycles. The number of ether oxygens (including phenoxy) is 1. The lowest BCUT2D eigenvalue weighted by molar-refractivity contribution is 0.185. The second kappa shape index (κ2) is 5.85. The Bertz CT molecular complexity index is 366. The van der Waals surface area contributed by atoms with E-state index in [0.29, 0.717) is 18.7 Å². The Morgan fingerprint density at radius 2 is 2.27 bits per heavy atom. The molecule has 0 radical (unpaired) electrons. The van der Waals surface area contributed by atoms with Gasteiger partial charge in [-0.2, -0.15) is 0 Å². The first-order valence-corrected chi connectivity index (χ1v) is 4.90. The predicted molar refractivity (Wildman–Crippen MR) is 60.2 cm³/mol. The number of rotatable bonds is 4. The van der Waals surface area contributed by atoms with Gasteiger partial charge in [-0.15, -0.1) is 0 Å². The van der Waals surface area contributed by atoms with E-state index in [2.05, 4.69) is 0 Å². The van der Waals surface area contributed by atoms with E-state index in [4.69, 9.17) is 22.1 Å². The maximum absolute atomic E-state index is 13.5. The Morgan fingerprint density at radius 1 is 1.53 bits per heavy atom. The third kappa shape index (κ3) is 3.30. The van der Waals surface area contributed by atoms with Crippen molar-refractivity contribution in [3.8, 4) is 0 Å². The van der Waals surface area contributed by atoms with Crippen LogP contribution in [0, 0.1) is 5.82 Å². The molecule has 0 amide bonds. The molecule has 1 rings (SSSR count). The van der Waals surface area contributed by atoms with Crippen LogP contribution in [0.3, 0.4) is 0 Å². The lowest BCUT2D eigenvalue weighted by Crippen LogP contribution is -1.95. The Hall–Kier alpha value is -0.900. The molecule has 0 atom stereocenters. The fourth-order valence-corrected chi connectivity index (χ4v) is 1.48. The summed E-state index contributed by atoms with van der Waals surface area (Å²) in [7, 11) is 1.58. The van der Waals surface area contributed by atoms with Gasteiger partial charge >= 0.3 is 0 Å². The molecule has 1 aromatic carbocycles. The predicted octanol–water partition coefficient (Wildman–Crippen LogP) is 2.60.